The number of esters is 1. The van der Waals surface area contributed by atoms with Gasteiger partial charge in [0.05, 0.1) is 6.61 Å². The molecule has 90 valence electrons. The highest BCUT2D eigenvalue weighted by molar-refractivity contribution is 5.69. The minimum Gasteiger partial charge on any atom is -0.466 e. The second-order valence-electron chi connectivity index (χ2n) is 3.56. The van der Waals surface area contributed by atoms with Crippen LogP contribution in [0.4, 0.5) is 0 Å². The van der Waals surface area contributed by atoms with Crippen LogP contribution >= 0.6 is 0 Å². The third-order valence-corrected chi connectivity index (χ3v) is 1.90. The largest absolute Gasteiger partial charge is 0.466 e. The van der Waals surface area contributed by atoms with Crippen LogP contribution in [0.15, 0.2) is 0 Å². The number of ether oxygens (including phenoxy) is 1. The molecule has 0 bridgehead atoms. The van der Waals surface area contributed by atoms with E-state index in [4.69, 9.17) is 20.1 Å². The van der Waals surface area contributed by atoms with Crippen LogP contribution in [0.2, 0.25) is 0 Å². The summed E-state index contributed by atoms with van der Waals surface area (Å²) >= 11 is 0. The molecule has 0 atom stereocenters. The maximum atomic E-state index is 11.0. The average Bonchev–Trinajstić information content (AvgIpc) is 2.11. The number of carbonyl (C=O) groups is 1. The van der Waals surface area contributed by atoms with Gasteiger partial charge in [-0.25, -0.2) is 0 Å². The van der Waals surface area contributed by atoms with E-state index in [9.17, 15) is 4.79 Å². The number of unbranched alkanes of at least 4 members (excludes halogenated alkanes) is 2. The second kappa shape index (κ2) is 7.62. The predicted molar refractivity (Wildman–Crippen MR) is 53.7 cm³/mol. The molecule has 15 heavy (non-hydrogen) atoms. The number of hydrogen-bond donors (Lipinski definition) is 3. The van der Waals surface area contributed by atoms with E-state index >= 15 is 0 Å². The Morgan fingerprint density at radius 1 is 1.20 bits per heavy atom. The molecule has 0 aromatic rings. The van der Waals surface area contributed by atoms with Crippen LogP contribution in [-0.2, 0) is 9.53 Å². The molecular formula is C10H20O5. The molecule has 3 N–H and O–H groups in total. The fourth-order valence-corrected chi connectivity index (χ4v) is 1.03. The molecule has 0 aromatic carbocycles. The van der Waals surface area contributed by atoms with Crippen molar-refractivity contribution in [3.8, 4) is 0 Å². The van der Waals surface area contributed by atoms with E-state index in [2.05, 4.69) is 0 Å². The molecule has 0 fully saturated rings. The third kappa shape index (κ3) is 11.3. The van der Waals surface area contributed by atoms with Crippen LogP contribution in [0.3, 0.4) is 0 Å². The van der Waals surface area contributed by atoms with Gasteiger partial charge in [-0.1, -0.05) is 13.3 Å². The Kier molecular flexibility index (Phi) is 7.29. The highest BCUT2D eigenvalue weighted by Gasteiger charge is 2.17. The third-order valence-electron chi connectivity index (χ3n) is 1.90. The van der Waals surface area contributed by atoms with Crippen molar-refractivity contribution in [1.82, 2.24) is 0 Å². The van der Waals surface area contributed by atoms with Gasteiger partial charge >= 0.3 is 5.97 Å². The topological polar surface area (TPSA) is 87.0 Å². The normalized spacial score (nSPS) is 11.5. The molecule has 0 aliphatic carbocycles. The van der Waals surface area contributed by atoms with Gasteiger partial charge in [0.15, 0.2) is 0 Å². The van der Waals surface area contributed by atoms with E-state index in [0.717, 1.165) is 12.8 Å². The number of carbonyl (C=O) groups excluding carboxylic acids is 1. The minimum atomic E-state index is -2.62. The summed E-state index contributed by atoms with van der Waals surface area (Å²) in [5.41, 5.74) is 0. The molecule has 0 aromatic heterocycles. The molecular weight excluding hydrogens is 200 g/mol. The first-order valence-electron chi connectivity index (χ1n) is 5.28. The van der Waals surface area contributed by atoms with Crippen molar-refractivity contribution < 1.29 is 24.9 Å². The summed E-state index contributed by atoms with van der Waals surface area (Å²) in [4.78, 5) is 11.0. The van der Waals surface area contributed by atoms with Gasteiger partial charge in [-0.15, -0.1) is 0 Å². The van der Waals surface area contributed by atoms with Crippen molar-refractivity contribution in [2.24, 2.45) is 0 Å². The van der Waals surface area contributed by atoms with E-state index in [1.54, 1.807) is 0 Å². The molecule has 0 saturated carbocycles. The first kappa shape index (κ1) is 14.3. The predicted octanol–water partition coefficient (Wildman–Crippen LogP) is 0.521. The lowest BCUT2D eigenvalue weighted by Gasteiger charge is -2.12. The van der Waals surface area contributed by atoms with Crippen molar-refractivity contribution >= 4 is 5.97 Å². The number of rotatable bonds is 8. The maximum absolute atomic E-state index is 11.0. The summed E-state index contributed by atoms with van der Waals surface area (Å²) in [7, 11) is 0. The van der Waals surface area contributed by atoms with Gasteiger partial charge in [0.1, 0.15) is 0 Å². The first-order valence-corrected chi connectivity index (χ1v) is 5.28. The number of aliphatic hydroxyl groups is 3. The van der Waals surface area contributed by atoms with Gasteiger partial charge in [-0.2, -0.15) is 0 Å². The zero-order valence-corrected chi connectivity index (χ0v) is 9.11. The molecule has 0 heterocycles. The van der Waals surface area contributed by atoms with Crippen LogP contribution < -0.4 is 0 Å². The van der Waals surface area contributed by atoms with Crippen molar-refractivity contribution in [2.45, 2.75) is 51.4 Å². The van der Waals surface area contributed by atoms with Gasteiger partial charge in [0, 0.05) is 12.8 Å². The molecule has 0 rings (SSSR count). The lowest BCUT2D eigenvalue weighted by atomic mass is 10.2. The maximum Gasteiger partial charge on any atom is 0.305 e. The Hall–Kier alpha value is -0.650. The summed E-state index contributed by atoms with van der Waals surface area (Å²) in [5, 5.41) is 25.7. The lowest BCUT2D eigenvalue weighted by Crippen LogP contribution is -2.26. The van der Waals surface area contributed by atoms with Crippen LogP contribution in [0.5, 0.6) is 0 Å². The van der Waals surface area contributed by atoms with Crippen molar-refractivity contribution in [1.29, 1.82) is 0 Å². The lowest BCUT2D eigenvalue weighted by molar-refractivity contribution is -0.315. The molecule has 5 nitrogen and oxygen atoms in total. The zero-order valence-electron chi connectivity index (χ0n) is 9.11. The summed E-state index contributed by atoms with van der Waals surface area (Å²) in [5.74, 6) is -2.89. The highest BCUT2D eigenvalue weighted by Crippen LogP contribution is 2.09. The summed E-state index contributed by atoms with van der Waals surface area (Å²) < 4.78 is 4.89. The van der Waals surface area contributed by atoms with Crippen molar-refractivity contribution in [3.05, 3.63) is 0 Å². The van der Waals surface area contributed by atoms with Crippen LogP contribution in [0, 0.1) is 0 Å². The Labute approximate surface area is 89.7 Å². The van der Waals surface area contributed by atoms with Crippen LogP contribution in [-0.4, -0.2) is 33.9 Å². The van der Waals surface area contributed by atoms with Crippen LogP contribution in [0.25, 0.3) is 0 Å². The van der Waals surface area contributed by atoms with Gasteiger partial charge < -0.3 is 20.1 Å². The van der Waals surface area contributed by atoms with E-state index in [0.29, 0.717) is 19.4 Å². The van der Waals surface area contributed by atoms with E-state index in [1.807, 2.05) is 6.92 Å². The standard InChI is InChI=1S/C10H20O5/c1-2-3-8-15-9(11)6-4-5-7-10(12,13)14/h12-14H,2-8H2,1H3. The Balaban J connectivity index is 3.32. The molecule has 0 aliphatic heterocycles. The first-order chi connectivity index (χ1) is 6.95. The van der Waals surface area contributed by atoms with E-state index in [-0.39, 0.29) is 18.8 Å². The molecule has 0 aliphatic rings. The molecule has 0 unspecified atom stereocenters. The summed E-state index contributed by atoms with van der Waals surface area (Å²) in [6.07, 6.45) is 2.78. The quantitative estimate of drug-likeness (QED) is 0.315. The van der Waals surface area contributed by atoms with Crippen molar-refractivity contribution in [3.63, 3.8) is 0 Å². The number of hydrogen-bond acceptors (Lipinski definition) is 5. The fraction of sp³-hybridized carbons (Fsp3) is 0.900. The Morgan fingerprint density at radius 3 is 2.40 bits per heavy atom. The van der Waals surface area contributed by atoms with E-state index in [1.165, 1.54) is 0 Å². The molecule has 0 radical (unpaired) electrons. The smallest absolute Gasteiger partial charge is 0.305 e. The molecule has 0 spiro atoms. The second-order valence-corrected chi connectivity index (χ2v) is 3.56. The molecule has 0 amide bonds. The van der Waals surface area contributed by atoms with Gasteiger partial charge in [-0.3, -0.25) is 4.79 Å². The van der Waals surface area contributed by atoms with Gasteiger partial charge in [-0.05, 0) is 19.3 Å². The van der Waals surface area contributed by atoms with Crippen LogP contribution in [0.1, 0.15) is 45.4 Å². The zero-order chi connectivity index (χ0) is 11.7. The van der Waals surface area contributed by atoms with Crippen molar-refractivity contribution in [2.75, 3.05) is 6.61 Å². The SMILES string of the molecule is CCCCOC(=O)CCCCC(O)(O)O. The monoisotopic (exact) mass is 220 g/mol. The summed E-state index contributed by atoms with van der Waals surface area (Å²) in [6.45, 7) is 2.45. The minimum absolute atomic E-state index is 0.157. The highest BCUT2D eigenvalue weighted by atomic mass is 16.7. The molecule has 5 heteroatoms. The van der Waals surface area contributed by atoms with Gasteiger partial charge in [0.2, 0.25) is 0 Å². The average molecular weight is 220 g/mol. The Bertz CT molecular complexity index is 173. The van der Waals surface area contributed by atoms with E-state index < -0.39 is 5.97 Å². The van der Waals surface area contributed by atoms with Gasteiger partial charge in [0.25, 0.3) is 5.97 Å². The summed E-state index contributed by atoms with van der Waals surface area (Å²) in [6, 6.07) is 0. The Morgan fingerprint density at radius 2 is 1.87 bits per heavy atom. The molecule has 0 saturated heterocycles. The fourth-order valence-electron chi connectivity index (χ4n) is 1.03.